The highest BCUT2D eigenvalue weighted by Gasteiger charge is 2.27. The van der Waals surface area contributed by atoms with Crippen LogP contribution in [-0.2, 0) is 20.7 Å². The maximum atomic E-state index is 12.2. The van der Waals surface area contributed by atoms with E-state index in [-0.39, 0.29) is 11.9 Å². The standard InChI is InChI=1S/C16H22N2O3/c1-21-16(20)14(11-12-7-3-2-4-8-12)18-15(19)13-9-5-6-10-17-13/h2-4,7-8,13-14,17H,5-6,9-11H2,1H3,(H,18,19)/t13-,14-/m0/s1. The molecule has 1 heterocycles. The predicted octanol–water partition coefficient (Wildman–Crippen LogP) is 1.03. The fraction of sp³-hybridized carbons (Fsp3) is 0.500. The molecule has 0 radical (unpaired) electrons. The van der Waals surface area contributed by atoms with Crippen molar-refractivity contribution in [1.29, 1.82) is 0 Å². The predicted molar refractivity (Wildman–Crippen MR) is 79.7 cm³/mol. The van der Waals surface area contributed by atoms with Crippen LogP contribution < -0.4 is 10.6 Å². The Morgan fingerprint density at radius 2 is 2.10 bits per heavy atom. The van der Waals surface area contributed by atoms with Crippen LogP contribution in [0.1, 0.15) is 24.8 Å². The molecule has 1 fully saturated rings. The molecule has 1 aromatic rings. The van der Waals surface area contributed by atoms with Gasteiger partial charge in [-0.1, -0.05) is 36.8 Å². The van der Waals surface area contributed by atoms with Crippen molar-refractivity contribution < 1.29 is 14.3 Å². The summed E-state index contributed by atoms with van der Waals surface area (Å²) in [6.45, 7) is 0.847. The summed E-state index contributed by atoms with van der Waals surface area (Å²) in [4.78, 5) is 24.1. The highest BCUT2D eigenvalue weighted by atomic mass is 16.5. The number of piperidine rings is 1. The number of methoxy groups -OCH3 is 1. The van der Waals surface area contributed by atoms with Crippen molar-refractivity contribution in [3.63, 3.8) is 0 Å². The lowest BCUT2D eigenvalue weighted by Gasteiger charge is -2.25. The summed E-state index contributed by atoms with van der Waals surface area (Å²) in [7, 11) is 1.34. The topological polar surface area (TPSA) is 67.4 Å². The minimum Gasteiger partial charge on any atom is -0.467 e. The van der Waals surface area contributed by atoms with Gasteiger partial charge in [-0.15, -0.1) is 0 Å². The Morgan fingerprint density at radius 3 is 2.71 bits per heavy atom. The van der Waals surface area contributed by atoms with Gasteiger partial charge in [-0.25, -0.2) is 4.79 Å². The number of nitrogens with one attached hydrogen (secondary N) is 2. The molecule has 1 amide bonds. The van der Waals surface area contributed by atoms with Gasteiger partial charge in [0.05, 0.1) is 13.2 Å². The summed E-state index contributed by atoms with van der Waals surface area (Å²) in [6.07, 6.45) is 3.37. The van der Waals surface area contributed by atoms with Crippen LogP contribution in [0.25, 0.3) is 0 Å². The molecule has 1 aliphatic rings. The van der Waals surface area contributed by atoms with Crippen molar-refractivity contribution in [3.05, 3.63) is 35.9 Å². The van der Waals surface area contributed by atoms with Crippen LogP contribution in [0, 0.1) is 0 Å². The summed E-state index contributed by atoms with van der Waals surface area (Å²) in [5.74, 6) is -0.538. The van der Waals surface area contributed by atoms with Gasteiger partial charge in [-0.2, -0.15) is 0 Å². The van der Waals surface area contributed by atoms with Crippen LogP contribution in [0.15, 0.2) is 30.3 Å². The molecule has 0 bridgehead atoms. The molecular weight excluding hydrogens is 268 g/mol. The van der Waals surface area contributed by atoms with Gasteiger partial charge in [0.25, 0.3) is 0 Å². The Balaban J connectivity index is 1.99. The third kappa shape index (κ3) is 4.56. The number of carbonyl (C=O) groups is 2. The average molecular weight is 290 g/mol. The number of rotatable bonds is 5. The van der Waals surface area contributed by atoms with Gasteiger partial charge in [0.15, 0.2) is 0 Å². The Kier molecular flexibility index (Phi) is 5.75. The van der Waals surface area contributed by atoms with Crippen LogP contribution in [-0.4, -0.2) is 37.6 Å². The zero-order valence-corrected chi connectivity index (χ0v) is 12.3. The zero-order valence-electron chi connectivity index (χ0n) is 12.3. The molecule has 1 saturated heterocycles. The van der Waals surface area contributed by atoms with Gasteiger partial charge in [-0.05, 0) is 24.9 Å². The minimum absolute atomic E-state index is 0.124. The van der Waals surface area contributed by atoms with E-state index >= 15 is 0 Å². The first-order valence-electron chi connectivity index (χ1n) is 7.36. The van der Waals surface area contributed by atoms with E-state index in [1.54, 1.807) is 0 Å². The third-order valence-electron chi connectivity index (χ3n) is 3.71. The number of amides is 1. The van der Waals surface area contributed by atoms with Crippen LogP contribution in [0.5, 0.6) is 0 Å². The van der Waals surface area contributed by atoms with Crippen molar-refractivity contribution >= 4 is 11.9 Å². The lowest BCUT2D eigenvalue weighted by atomic mass is 10.0. The lowest BCUT2D eigenvalue weighted by Crippen LogP contribution is -2.52. The third-order valence-corrected chi connectivity index (χ3v) is 3.71. The molecule has 2 N–H and O–H groups in total. The quantitative estimate of drug-likeness (QED) is 0.795. The van der Waals surface area contributed by atoms with Crippen LogP contribution in [0.4, 0.5) is 0 Å². The maximum absolute atomic E-state index is 12.2. The second-order valence-electron chi connectivity index (χ2n) is 5.28. The summed E-state index contributed by atoms with van der Waals surface area (Å²) < 4.78 is 4.80. The normalized spacial score (nSPS) is 19.6. The highest BCUT2D eigenvalue weighted by Crippen LogP contribution is 2.09. The Bertz CT molecular complexity index is 470. The molecule has 0 saturated carbocycles. The van der Waals surface area contributed by atoms with Crippen molar-refractivity contribution in [1.82, 2.24) is 10.6 Å². The maximum Gasteiger partial charge on any atom is 0.328 e. The van der Waals surface area contributed by atoms with Crippen LogP contribution >= 0.6 is 0 Å². The number of hydrogen-bond acceptors (Lipinski definition) is 4. The SMILES string of the molecule is COC(=O)[C@H](Cc1ccccc1)NC(=O)[C@@H]1CCCCN1. The van der Waals surface area contributed by atoms with Gasteiger partial charge in [0.1, 0.15) is 6.04 Å². The number of hydrogen-bond donors (Lipinski definition) is 2. The fourth-order valence-electron chi connectivity index (χ4n) is 2.53. The molecule has 0 spiro atoms. The number of ether oxygens (including phenoxy) is 1. The highest BCUT2D eigenvalue weighted by molar-refractivity contribution is 5.87. The van der Waals surface area contributed by atoms with E-state index in [0.717, 1.165) is 31.4 Å². The first kappa shape index (κ1) is 15.5. The summed E-state index contributed by atoms with van der Waals surface area (Å²) >= 11 is 0. The van der Waals surface area contributed by atoms with E-state index in [1.807, 2.05) is 30.3 Å². The van der Waals surface area contributed by atoms with E-state index in [1.165, 1.54) is 7.11 Å². The monoisotopic (exact) mass is 290 g/mol. The van der Waals surface area contributed by atoms with Crippen LogP contribution in [0.3, 0.4) is 0 Å². The van der Waals surface area contributed by atoms with E-state index < -0.39 is 12.0 Å². The van der Waals surface area contributed by atoms with Gasteiger partial charge >= 0.3 is 5.97 Å². The molecule has 5 nitrogen and oxygen atoms in total. The molecule has 0 aromatic heterocycles. The van der Waals surface area contributed by atoms with Crippen LogP contribution in [0.2, 0.25) is 0 Å². The van der Waals surface area contributed by atoms with Crippen molar-refractivity contribution in [3.8, 4) is 0 Å². The molecule has 2 atom stereocenters. The first-order chi connectivity index (χ1) is 10.2. The van der Waals surface area contributed by atoms with Gasteiger partial charge < -0.3 is 15.4 Å². The number of benzene rings is 1. The molecule has 5 heteroatoms. The second kappa shape index (κ2) is 7.78. The molecular formula is C16H22N2O3. The molecule has 21 heavy (non-hydrogen) atoms. The summed E-state index contributed by atoms with van der Waals surface area (Å²) in [5, 5.41) is 5.99. The van der Waals surface area contributed by atoms with Gasteiger partial charge in [-0.3, -0.25) is 4.79 Å². The van der Waals surface area contributed by atoms with Crippen molar-refractivity contribution in [2.45, 2.75) is 37.8 Å². The average Bonchev–Trinajstić information content (AvgIpc) is 2.55. The molecule has 2 rings (SSSR count). The first-order valence-corrected chi connectivity index (χ1v) is 7.36. The minimum atomic E-state index is -0.645. The summed E-state index contributed by atoms with van der Waals surface area (Å²) in [5.41, 5.74) is 0.991. The molecule has 114 valence electrons. The smallest absolute Gasteiger partial charge is 0.328 e. The Hall–Kier alpha value is -1.88. The number of carbonyl (C=O) groups excluding carboxylic acids is 2. The number of esters is 1. The molecule has 0 unspecified atom stereocenters. The molecule has 0 aliphatic carbocycles. The van der Waals surface area contributed by atoms with E-state index in [0.29, 0.717) is 6.42 Å². The van der Waals surface area contributed by atoms with E-state index in [4.69, 9.17) is 4.74 Å². The Labute approximate surface area is 125 Å². The van der Waals surface area contributed by atoms with Crippen molar-refractivity contribution in [2.75, 3.05) is 13.7 Å². The van der Waals surface area contributed by atoms with Gasteiger partial charge in [0, 0.05) is 6.42 Å². The fourth-order valence-corrected chi connectivity index (χ4v) is 2.53. The van der Waals surface area contributed by atoms with Gasteiger partial charge in [0.2, 0.25) is 5.91 Å². The lowest BCUT2D eigenvalue weighted by molar-refractivity contribution is -0.145. The second-order valence-corrected chi connectivity index (χ2v) is 5.28. The van der Waals surface area contributed by atoms with E-state index in [2.05, 4.69) is 10.6 Å². The van der Waals surface area contributed by atoms with Crippen molar-refractivity contribution in [2.24, 2.45) is 0 Å². The zero-order chi connectivity index (χ0) is 15.1. The Morgan fingerprint density at radius 1 is 1.33 bits per heavy atom. The molecule has 1 aromatic carbocycles. The van der Waals surface area contributed by atoms with E-state index in [9.17, 15) is 9.59 Å². The largest absolute Gasteiger partial charge is 0.467 e. The molecule has 1 aliphatic heterocycles. The summed E-state index contributed by atoms with van der Waals surface area (Å²) in [6, 6.07) is 8.75.